The Hall–Kier alpha value is -1.20. The van der Waals surface area contributed by atoms with Crippen LogP contribution in [0.5, 0.6) is 0 Å². The second-order valence-electron chi connectivity index (χ2n) is 3.11. The molecule has 0 aliphatic carbocycles. The SMILES string of the molecule is C[C@H](O)c1nc(-c2ccccc2Br)no1. The van der Waals surface area contributed by atoms with Gasteiger partial charge in [0, 0.05) is 10.0 Å². The Morgan fingerprint density at radius 3 is 2.73 bits per heavy atom. The Bertz CT molecular complexity index is 468. The van der Waals surface area contributed by atoms with Gasteiger partial charge in [-0.1, -0.05) is 33.2 Å². The molecule has 0 aliphatic heterocycles. The molecule has 0 radical (unpaired) electrons. The van der Waals surface area contributed by atoms with Gasteiger partial charge in [0.1, 0.15) is 6.10 Å². The summed E-state index contributed by atoms with van der Waals surface area (Å²) in [5.41, 5.74) is 0.841. The van der Waals surface area contributed by atoms with Crippen molar-refractivity contribution in [1.82, 2.24) is 10.1 Å². The molecule has 1 atom stereocenters. The molecule has 1 aromatic heterocycles. The Kier molecular flexibility index (Phi) is 2.83. The number of hydrogen-bond donors (Lipinski definition) is 1. The topological polar surface area (TPSA) is 59.2 Å². The molecular formula is C10H9BrN2O2. The number of aromatic nitrogens is 2. The average molecular weight is 269 g/mol. The molecule has 2 aromatic rings. The maximum absolute atomic E-state index is 9.25. The minimum absolute atomic E-state index is 0.223. The second-order valence-corrected chi connectivity index (χ2v) is 3.97. The van der Waals surface area contributed by atoms with E-state index in [1.54, 1.807) is 6.92 Å². The van der Waals surface area contributed by atoms with Gasteiger partial charge in [-0.3, -0.25) is 0 Å². The minimum Gasteiger partial charge on any atom is -0.384 e. The summed E-state index contributed by atoms with van der Waals surface area (Å²) in [6, 6.07) is 7.57. The number of rotatable bonds is 2. The molecule has 5 heteroatoms. The third-order valence-electron chi connectivity index (χ3n) is 1.91. The number of nitrogens with zero attached hydrogens (tertiary/aromatic N) is 2. The summed E-state index contributed by atoms with van der Waals surface area (Å²) in [6.07, 6.45) is -0.742. The highest BCUT2D eigenvalue weighted by molar-refractivity contribution is 9.10. The highest BCUT2D eigenvalue weighted by atomic mass is 79.9. The molecule has 0 spiro atoms. The normalized spacial score (nSPS) is 12.7. The van der Waals surface area contributed by atoms with Crippen LogP contribution < -0.4 is 0 Å². The zero-order chi connectivity index (χ0) is 10.8. The standard InChI is InChI=1S/C10H9BrN2O2/c1-6(14)10-12-9(13-15-10)7-4-2-3-5-8(7)11/h2-6,14H,1H3/t6-/m0/s1. The molecule has 0 unspecified atom stereocenters. The van der Waals surface area contributed by atoms with E-state index in [2.05, 4.69) is 26.1 Å². The Morgan fingerprint density at radius 2 is 2.13 bits per heavy atom. The van der Waals surface area contributed by atoms with Gasteiger partial charge in [-0.25, -0.2) is 0 Å². The van der Waals surface area contributed by atoms with Crippen LogP contribution in [0.3, 0.4) is 0 Å². The van der Waals surface area contributed by atoms with Crippen molar-refractivity contribution in [3.05, 3.63) is 34.6 Å². The van der Waals surface area contributed by atoms with Gasteiger partial charge >= 0.3 is 0 Å². The van der Waals surface area contributed by atoms with Crippen LogP contribution in [0, 0.1) is 0 Å². The van der Waals surface area contributed by atoms with Crippen molar-refractivity contribution in [1.29, 1.82) is 0 Å². The van der Waals surface area contributed by atoms with Crippen LogP contribution in [0.15, 0.2) is 33.3 Å². The molecule has 2 rings (SSSR count). The zero-order valence-corrected chi connectivity index (χ0v) is 9.60. The van der Waals surface area contributed by atoms with Crippen molar-refractivity contribution < 1.29 is 9.63 Å². The van der Waals surface area contributed by atoms with Crippen LogP contribution in [0.1, 0.15) is 18.9 Å². The lowest BCUT2D eigenvalue weighted by atomic mass is 10.2. The molecule has 4 nitrogen and oxygen atoms in total. The Labute approximate surface area is 95.1 Å². The van der Waals surface area contributed by atoms with E-state index < -0.39 is 6.10 Å². The molecule has 0 bridgehead atoms. The summed E-state index contributed by atoms with van der Waals surface area (Å²) < 4.78 is 5.80. The van der Waals surface area contributed by atoms with E-state index in [0.29, 0.717) is 5.82 Å². The number of aliphatic hydroxyl groups is 1. The van der Waals surface area contributed by atoms with Gasteiger partial charge in [0.05, 0.1) is 0 Å². The Morgan fingerprint density at radius 1 is 1.40 bits per heavy atom. The van der Waals surface area contributed by atoms with E-state index in [1.807, 2.05) is 24.3 Å². The van der Waals surface area contributed by atoms with Crippen LogP contribution >= 0.6 is 15.9 Å². The van der Waals surface area contributed by atoms with Crippen LogP contribution in [-0.2, 0) is 0 Å². The van der Waals surface area contributed by atoms with Gasteiger partial charge in [-0.2, -0.15) is 4.98 Å². The van der Waals surface area contributed by atoms with Crippen LogP contribution in [-0.4, -0.2) is 15.2 Å². The van der Waals surface area contributed by atoms with Gasteiger partial charge in [-0.15, -0.1) is 0 Å². The van der Waals surface area contributed by atoms with Crippen LogP contribution in [0.25, 0.3) is 11.4 Å². The lowest BCUT2D eigenvalue weighted by Crippen LogP contribution is -1.90. The number of halogens is 1. The van der Waals surface area contributed by atoms with Crippen molar-refractivity contribution in [2.24, 2.45) is 0 Å². The monoisotopic (exact) mass is 268 g/mol. The predicted molar refractivity (Wildman–Crippen MR) is 58.1 cm³/mol. The molecule has 1 N–H and O–H groups in total. The molecule has 0 amide bonds. The molecule has 0 saturated carbocycles. The summed E-state index contributed by atoms with van der Waals surface area (Å²) in [5.74, 6) is 0.694. The maximum Gasteiger partial charge on any atom is 0.255 e. The van der Waals surface area contributed by atoms with E-state index in [1.165, 1.54) is 0 Å². The minimum atomic E-state index is -0.742. The third-order valence-corrected chi connectivity index (χ3v) is 2.61. The average Bonchev–Trinajstić information content (AvgIpc) is 2.67. The fourth-order valence-electron chi connectivity index (χ4n) is 1.16. The molecule has 0 aliphatic rings. The van der Waals surface area contributed by atoms with Crippen molar-refractivity contribution >= 4 is 15.9 Å². The van der Waals surface area contributed by atoms with Crippen LogP contribution in [0.4, 0.5) is 0 Å². The third kappa shape index (κ3) is 2.08. The van der Waals surface area contributed by atoms with Gasteiger partial charge in [-0.05, 0) is 19.1 Å². The first-order chi connectivity index (χ1) is 7.18. The van der Waals surface area contributed by atoms with Crippen LogP contribution in [0.2, 0.25) is 0 Å². The van der Waals surface area contributed by atoms with E-state index >= 15 is 0 Å². The first-order valence-corrected chi connectivity index (χ1v) is 5.24. The fourth-order valence-corrected chi connectivity index (χ4v) is 1.62. The summed E-state index contributed by atoms with van der Waals surface area (Å²) in [4.78, 5) is 4.08. The van der Waals surface area contributed by atoms with Gasteiger partial charge in [0.25, 0.3) is 5.89 Å². The summed E-state index contributed by atoms with van der Waals surface area (Å²) >= 11 is 3.40. The van der Waals surface area contributed by atoms with E-state index in [0.717, 1.165) is 10.0 Å². The van der Waals surface area contributed by atoms with Crippen molar-refractivity contribution in [3.63, 3.8) is 0 Å². The summed E-state index contributed by atoms with van der Waals surface area (Å²) in [5, 5.41) is 13.0. The molecule has 15 heavy (non-hydrogen) atoms. The first kappa shape index (κ1) is 10.3. The summed E-state index contributed by atoms with van der Waals surface area (Å²) in [6.45, 7) is 1.58. The maximum atomic E-state index is 9.25. The zero-order valence-electron chi connectivity index (χ0n) is 8.01. The molecule has 1 aromatic carbocycles. The highest BCUT2D eigenvalue weighted by Crippen LogP contribution is 2.26. The largest absolute Gasteiger partial charge is 0.384 e. The Balaban J connectivity index is 2.42. The van der Waals surface area contributed by atoms with Crippen molar-refractivity contribution in [2.45, 2.75) is 13.0 Å². The number of aliphatic hydroxyl groups excluding tert-OH is 1. The fraction of sp³-hybridized carbons (Fsp3) is 0.200. The van der Waals surface area contributed by atoms with Crippen molar-refractivity contribution in [2.75, 3.05) is 0 Å². The van der Waals surface area contributed by atoms with Gasteiger partial charge in [0.2, 0.25) is 5.82 Å². The lowest BCUT2D eigenvalue weighted by molar-refractivity contribution is 0.152. The molecule has 78 valence electrons. The highest BCUT2D eigenvalue weighted by Gasteiger charge is 2.13. The molecular weight excluding hydrogens is 260 g/mol. The molecule has 1 heterocycles. The smallest absolute Gasteiger partial charge is 0.255 e. The van der Waals surface area contributed by atoms with E-state index in [-0.39, 0.29) is 5.89 Å². The first-order valence-electron chi connectivity index (χ1n) is 4.45. The predicted octanol–water partition coefficient (Wildman–Crippen LogP) is 2.55. The van der Waals surface area contributed by atoms with Crippen molar-refractivity contribution in [3.8, 4) is 11.4 Å². The van der Waals surface area contributed by atoms with E-state index in [4.69, 9.17) is 4.52 Å². The second kappa shape index (κ2) is 4.12. The summed E-state index contributed by atoms with van der Waals surface area (Å²) in [7, 11) is 0. The molecule has 0 saturated heterocycles. The van der Waals surface area contributed by atoms with Gasteiger partial charge in [0.15, 0.2) is 0 Å². The number of benzene rings is 1. The quantitative estimate of drug-likeness (QED) is 0.910. The lowest BCUT2D eigenvalue weighted by Gasteiger charge is -1.96. The number of hydrogen-bond acceptors (Lipinski definition) is 4. The van der Waals surface area contributed by atoms with E-state index in [9.17, 15) is 5.11 Å². The van der Waals surface area contributed by atoms with Gasteiger partial charge < -0.3 is 9.63 Å². The molecule has 0 fully saturated rings.